The van der Waals surface area contributed by atoms with Crippen molar-refractivity contribution in [3.8, 4) is 11.5 Å². The van der Waals surface area contributed by atoms with Crippen LogP contribution in [0.5, 0.6) is 11.5 Å². The minimum atomic E-state index is -0.263. The van der Waals surface area contributed by atoms with Crippen molar-refractivity contribution >= 4 is 5.57 Å². The third-order valence-corrected chi connectivity index (χ3v) is 6.32. The summed E-state index contributed by atoms with van der Waals surface area (Å²) >= 11 is 0. The first-order valence-electron chi connectivity index (χ1n) is 9.56. The van der Waals surface area contributed by atoms with E-state index < -0.39 is 0 Å². The van der Waals surface area contributed by atoms with E-state index >= 15 is 0 Å². The molecule has 0 saturated carbocycles. The fourth-order valence-corrected chi connectivity index (χ4v) is 4.31. The van der Waals surface area contributed by atoms with Gasteiger partial charge in [-0.2, -0.15) is 0 Å². The molecule has 1 aromatic rings. The van der Waals surface area contributed by atoms with Gasteiger partial charge >= 0.3 is 0 Å². The third-order valence-electron chi connectivity index (χ3n) is 6.32. The quantitative estimate of drug-likeness (QED) is 0.675. The molecule has 1 N–H and O–H groups in total. The largest absolute Gasteiger partial charge is 0.507 e. The molecular formula is C22H32O2. The van der Waals surface area contributed by atoms with Crippen LogP contribution in [0.1, 0.15) is 77.8 Å². The number of hydrogen-bond donors (Lipinski definition) is 1. The smallest absolute Gasteiger partial charge is 0.131 e. The van der Waals surface area contributed by atoms with E-state index in [9.17, 15) is 5.11 Å². The standard InChI is InChI=1S/C22H32O2/c1-6-7-8-9-16-13-18(23)20-17-12-15(2)10-11-22(17,5)21(3,4)24-19(20)14-16/h12-15,23H,6-11H2,1-5H3/t15-,22-/m1/s1. The molecule has 0 spiro atoms. The third kappa shape index (κ3) is 2.74. The topological polar surface area (TPSA) is 29.5 Å². The minimum Gasteiger partial charge on any atom is -0.507 e. The molecule has 1 aliphatic carbocycles. The Bertz CT molecular complexity index is 656. The molecule has 0 bridgehead atoms. The Balaban J connectivity index is 2.07. The normalized spacial score (nSPS) is 27.7. The molecule has 0 radical (unpaired) electrons. The van der Waals surface area contributed by atoms with Crippen molar-refractivity contribution in [1.29, 1.82) is 0 Å². The van der Waals surface area contributed by atoms with E-state index in [1.165, 1.54) is 30.4 Å². The zero-order valence-electron chi connectivity index (χ0n) is 15.9. The Labute approximate surface area is 146 Å². The van der Waals surface area contributed by atoms with Gasteiger partial charge in [0.05, 0.1) is 5.56 Å². The fraction of sp³-hybridized carbons (Fsp3) is 0.636. The van der Waals surface area contributed by atoms with Crippen molar-refractivity contribution in [2.75, 3.05) is 0 Å². The number of fused-ring (bicyclic) bond motifs is 3. The summed E-state index contributed by atoms with van der Waals surface area (Å²) in [4.78, 5) is 0. The lowest BCUT2D eigenvalue weighted by Gasteiger charge is -2.52. The second-order valence-corrected chi connectivity index (χ2v) is 8.49. The summed E-state index contributed by atoms with van der Waals surface area (Å²) in [5.41, 5.74) is 3.09. The Kier molecular flexibility index (Phi) is 4.44. The van der Waals surface area contributed by atoms with Crippen LogP contribution in [0.25, 0.3) is 5.57 Å². The van der Waals surface area contributed by atoms with Crippen LogP contribution in [0, 0.1) is 11.3 Å². The van der Waals surface area contributed by atoms with Gasteiger partial charge in [-0.15, -0.1) is 0 Å². The van der Waals surface area contributed by atoms with Crippen LogP contribution in [-0.2, 0) is 6.42 Å². The van der Waals surface area contributed by atoms with Crippen molar-refractivity contribution in [3.05, 3.63) is 29.3 Å². The molecule has 0 fully saturated rings. The highest BCUT2D eigenvalue weighted by Crippen LogP contribution is 2.59. The zero-order valence-corrected chi connectivity index (χ0v) is 15.9. The predicted molar refractivity (Wildman–Crippen MR) is 101 cm³/mol. The number of rotatable bonds is 4. The van der Waals surface area contributed by atoms with E-state index in [1.807, 2.05) is 6.07 Å². The highest BCUT2D eigenvalue weighted by atomic mass is 16.5. The summed E-state index contributed by atoms with van der Waals surface area (Å²) in [6.45, 7) is 11.2. The average Bonchev–Trinajstić information content (AvgIpc) is 2.49. The maximum Gasteiger partial charge on any atom is 0.131 e. The first-order chi connectivity index (χ1) is 11.3. The lowest BCUT2D eigenvalue weighted by Crippen LogP contribution is -2.51. The van der Waals surface area contributed by atoms with E-state index in [-0.39, 0.29) is 11.0 Å². The molecule has 1 aliphatic heterocycles. The lowest BCUT2D eigenvalue weighted by molar-refractivity contribution is -0.00612. The number of unbranched alkanes of at least 4 members (excludes halogenated alkanes) is 2. The highest BCUT2D eigenvalue weighted by molar-refractivity contribution is 5.82. The van der Waals surface area contributed by atoms with Crippen molar-refractivity contribution < 1.29 is 9.84 Å². The van der Waals surface area contributed by atoms with Gasteiger partial charge in [0.2, 0.25) is 0 Å². The molecule has 0 aromatic heterocycles. The summed E-state index contributed by atoms with van der Waals surface area (Å²) in [6.07, 6.45) is 9.25. The summed E-state index contributed by atoms with van der Waals surface area (Å²) in [7, 11) is 0. The molecule has 24 heavy (non-hydrogen) atoms. The van der Waals surface area contributed by atoms with Crippen molar-refractivity contribution in [3.63, 3.8) is 0 Å². The van der Waals surface area contributed by atoms with Gasteiger partial charge in [0, 0.05) is 5.41 Å². The molecule has 0 saturated heterocycles. The lowest BCUT2D eigenvalue weighted by atomic mass is 9.60. The van der Waals surface area contributed by atoms with E-state index in [1.54, 1.807) is 0 Å². The number of hydrogen-bond acceptors (Lipinski definition) is 2. The Morgan fingerprint density at radius 1 is 1.21 bits per heavy atom. The first kappa shape index (κ1) is 17.4. The molecule has 3 rings (SSSR count). The molecule has 2 nitrogen and oxygen atoms in total. The number of benzene rings is 1. The molecule has 2 aliphatic rings. The molecule has 1 heterocycles. The fourth-order valence-electron chi connectivity index (χ4n) is 4.31. The molecule has 2 atom stereocenters. The van der Waals surface area contributed by atoms with Gasteiger partial charge in [0.25, 0.3) is 0 Å². The van der Waals surface area contributed by atoms with Crippen LogP contribution >= 0.6 is 0 Å². The number of aromatic hydroxyl groups is 1. The molecule has 0 amide bonds. The first-order valence-corrected chi connectivity index (χ1v) is 9.56. The summed E-state index contributed by atoms with van der Waals surface area (Å²) in [5, 5.41) is 10.8. The van der Waals surface area contributed by atoms with Crippen LogP contribution in [0.4, 0.5) is 0 Å². The second kappa shape index (κ2) is 6.13. The maximum absolute atomic E-state index is 10.8. The predicted octanol–water partition coefficient (Wildman–Crippen LogP) is 6.12. The SMILES string of the molecule is CCCCCc1cc(O)c2c(c1)OC(C)(C)[C@]1(C)CC[C@@H](C)C=C21. The summed E-state index contributed by atoms with van der Waals surface area (Å²) in [5.74, 6) is 1.81. The maximum atomic E-state index is 10.8. The molecule has 1 aromatic carbocycles. The monoisotopic (exact) mass is 328 g/mol. The van der Waals surface area contributed by atoms with Gasteiger partial charge in [0.15, 0.2) is 0 Å². The molecule has 132 valence electrons. The van der Waals surface area contributed by atoms with Crippen LogP contribution in [0.15, 0.2) is 18.2 Å². The van der Waals surface area contributed by atoms with Crippen LogP contribution in [0.2, 0.25) is 0 Å². The van der Waals surface area contributed by atoms with Gasteiger partial charge in [-0.05, 0) is 68.7 Å². The van der Waals surface area contributed by atoms with Crippen molar-refractivity contribution in [1.82, 2.24) is 0 Å². The number of phenols is 1. The van der Waals surface area contributed by atoms with E-state index in [2.05, 4.69) is 46.8 Å². The average molecular weight is 328 g/mol. The van der Waals surface area contributed by atoms with Crippen molar-refractivity contribution in [2.24, 2.45) is 11.3 Å². The van der Waals surface area contributed by atoms with Gasteiger partial charge in [-0.1, -0.05) is 39.7 Å². The van der Waals surface area contributed by atoms with Gasteiger partial charge in [-0.3, -0.25) is 0 Å². The number of ether oxygens (including phenoxy) is 1. The van der Waals surface area contributed by atoms with Crippen LogP contribution < -0.4 is 4.74 Å². The van der Waals surface area contributed by atoms with Gasteiger partial charge in [-0.25, -0.2) is 0 Å². The zero-order chi connectivity index (χ0) is 17.5. The number of aryl methyl sites for hydroxylation is 1. The number of allylic oxidation sites excluding steroid dienone is 1. The Hall–Kier alpha value is -1.44. The Morgan fingerprint density at radius 2 is 1.96 bits per heavy atom. The van der Waals surface area contributed by atoms with Crippen molar-refractivity contribution in [2.45, 2.75) is 78.7 Å². The summed E-state index contributed by atoms with van der Waals surface area (Å²) in [6, 6.07) is 4.11. The number of phenolic OH excluding ortho intramolecular Hbond substituents is 1. The minimum absolute atomic E-state index is 0.0479. The Morgan fingerprint density at radius 3 is 2.67 bits per heavy atom. The molecular weight excluding hydrogens is 296 g/mol. The van der Waals surface area contributed by atoms with E-state index in [0.29, 0.717) is 11.7 Å². The van der Waals surface area contributed by atoms with Gasteiger partial charge in [0.1, 0.15) is 17.1 Å². The summed E-state index contributed by atoms with van der Waals surface area (Å²) < 4.78 is 6.45. The second-order valence-electron chi connectivity index (χ2n) is 8.49. The van der Waals surface area contributed by atoms with Gasteiger partial charge < -0.3 is 9.84 Å². The van der Waals surface area contributed by atoms with E-state index in [0.717, 1.165) is 30.6 Å². The van der Waals surface area contributed by atoms with Crippen LogP contribution in [0.3, 0.4) is 0 Å². The van der Waals surface area contributed by atoms with Crippen LogP contribution in [-0.4, -0.2) is 10.7 Å². The highest BCUT2D eigenvalue weighted by Gasteiger charge is 2.52. The van der Waals surface area contributed by atoms with E-state index in [4.69, 9.17) is 4.74 Å². The molecule has 2 heteroatoms. The molecule has 0 unspecified atom stereocenters.